The topological polar surface area (TPSA) is 72.4 Å². The number of aryl methyl sites for hydroxylation is 1. The van der Waals surface area contributed by atoms with Crippen LogP contribution in [0.1, 0.15) is 11.1 Å². The molecule has 1 aromatic heterocycles. The molecule has 0 radical (unpaired) electrons. The van der Waals surface area contributed by atoms with E-state index < -0.39 is 0 Å². The van der Waals surface area contributed by atoms with Crippen molar-refractivity contribution in [2.45, 2.75) is 20.0 Å². The highest BCUT2D eigenvalue weighted by Crippen LogP contribution is 2.21. The lowest BCUT2D eigenvalue weighted by Gasteiger charge is -2.15. The van der Waals surface area contributed by atoms with Crippen molar-refractivity contribution in [1.29, 1.82) is 0 Å². The SMILES string of the molecule is COc1ccc2cc(CNc3ccccc3)c(=O)n(CC(=O)Nc3ccc(C)cc3)c2c1. The molecule has 3 aromatic carbocycles. The number of carbonyl (C=O) groups is 1. The highest BCUT2D eigenvalue weighted by atomic mass is 16.5. The molecular weight excluding hydrogens is 402 g/mol. The van der Waals surface area contributed by atoms with E-state index >= 15 is 0 Å². The van der Waals surface area contributed by atoms with Gasteiger partial charge in [0.05, 0.1) is 12.6 Å². The summed E-state index contributed by atoms with van der Waals surface area (Å²) < 4.78 is 6.84. The first kappa shape index (κ1) is 21.2. The van der Waals surface area contributed by atoms with E-state index in [4.69, 9.17) is 4.74 Å². The highest BCUT2D eigenvalue weighted by molar-refractivity contribution is 5.92. The van der Waals surface area contributed by atoms with Gasteiger partial charge in [0.1, 0.15) is 12.3 Å². The molecule has 6 nitrogen and oxygen atoms in total. The zero-order valence-electron chi connectivity index (χ0n) is 18.1. The Morgan fingerprint density at radius 1 is 0.938 bits per heavy atom. The van der Waals surface area contributed by atoms with Crippen LogP contribution >= 0.6 is 0 Å². The molecule has 4 rings (SSSR count). The van der Waals surface area contributed by atoms with Crippen LogP contribution in [0, 0.1) is 6.92 Å². The van der Waals surface area contributed by atoms with E-state index in [1.165, 1.54) is 4.57 Å². The van der Waals surface area contributed by atoms with E-state index in [0.29, 0.717) is 29.1 Å². The van der Waals surface area contributed by atoms with Crippen molar-refractivity contribution in [1.82, 2.24) is 4.57 Å². The number of carbonyl (C=O) groups excluding carboxylic acids is 1. The second kappa shape index (κ2) is 9.39. The van der Waals surface area contributed by atoms with Crippen LogP contribution in [-0.4, -0.2) is 17.6 Å². The number of anilines is 2. The maximum Gasteiger partial charge on any atom is 0.256 e. The zero-order valence-corrected chi connectivity index (χ0v) is 18.1. The molecule has 6 heteroatoms. The van der Waals surface area contributed by atoms with Gasteiger partial charge in [0.25, 0.3) is 5.56 Å². The minimum absolute atomic E-state index is 0.102. The largest absolute Gasteiger partial charge is 0.497 e. The monoisotopic (exact) mass is 427 g/mol. The fraction of sp³-hybridized carbons (Fsp3) is 0.154. The summed E-state index contributed by atoms with van der Waals surface area (Å²) in [5.74, 6) is 0.355. The molecule has 2 N–H and O–H groups in total. The normalized spacial score (nSPS) is 10.7. The maximum absolute atomic E-state index is 13.3. The molecule has 1 heterocycles. The Morgan fingerprint density at radius 3 is 2.41 bits per heavy atom. The molecular formula is C26H25N3O3. The van der Waals surface area contributed by atoms with Crippen molar-refractivity contribution >= 4 is 28.2 Å². The smallest absolute Gasteiger partial charge is 0.256 e. The summed E-state index contributed by atoms with van der Waals surface area (Å²) >= 11 is 0. The second-order valence-corrected chi connectivity index (χ2v) is 7.62. The van der Waals surface area contributed by atoms with Gasteiger partial charge in [-0.1, -0.05) is 35.9 Å². The number of nitrogens with one attached hydrogen (secondary N) is 2. The number of hydrogen-bond donors (Lipinski definition) is 2. The van der Waals surface area contributed by atoms with Crippen molar-refractivity contribution in [3.05, 3.63) is 100 Å². The lowest BCUT2D eigenvalue weighted by atomic mass is 10.1. The van der Waals surface area contributed by atoms with Crippen molar-refractivity contribution < 1.29 is 9.53 Å². The van der Waals surface area contributed by atoms with Crippen LogP contribution in [0.25, 0.3) is 10.9 Å². The summed E-state index contributed by atoms with van der Waals surface area (Å²) in [4.78, 5) is 26.1. The third-order valence-corrected chi connectivity index (χ3v) is 5.27. The Labute approximate surface area is 186 Å². The van der Waals surface area contributed by atoms with E-state index in [9.17, 15) is 9.59 Å². The van der Waals surface area contributed by atoms with E-state index in [1.54, 1.807) is 13.2 Å². The summed E-state index contributed by atoms with van der Waals surface area (Å²) in [5.41, 5.74) is 3.73. The number of para-hydroxylation sites is 1. The fourth-order valence-electron chi connectivity index (χ4n) is 3.56. The van der Waals surface area contributed by atoms with E-state index in [0.717, 1.165) is 16.6 Å². The third-order valence-electron chi connectivity index (χ3n) is 5.27. The average Bonchev–Trinajstić information content (AvgIpc) is 2.81. The number of pyridine rings is 1. The third kappa shape index (κ3) is 4.81. The second-order valence-electron chi connectivity index (χ2n) is 7.62. The summed E-state index contributed by atoms with van der Waals surface area (Å²) in [6.07, 6.45) is 0. The van der Waals surface area contributed by atoms with Gasteiger partial charge in [0.2, 0.25) is 5.91 Å². The molecule has 4 aromatic rings. The van der Waals surface area contributed by atoms with Crippen molar-refractivity contribution in [2.24, 2.45) is 0 Å². The molecule has 1 amide bonds. The molecule has 0 saturated carbocycles. The number of rotatable bonds is 7. The molecule has 0 unspecified atom stereocenters. The number of amides is 1. The maximum atomic E-state index is 13.3. The van der Waals surface area contributed by atoms with Gasteiger partial charge in [-0.15, -0.1) is 0 Å². The molecule has 0 aliphatic carbocycles. The summed E-state index contributed by atoms with van der Waals surface area (Å²) in [6.45, 7) is 2.24. The lowest BCUT2D eigenvalue weighted by molar-refractivity contribution is -0.116. The van der Waals surface area contributed by atoms with Crippen LogP contribution < -0.4 is 20.9 Å². The molecule has 32 heavy (non-hydrogen) atoms. The van der Waals surface area contributed by atoms with Crippen LogP contribution in [0.15, 0.2) is 83.7 Å². The van der Waals surface area contributed by atoms with Gasteiger partial charge >= 0.3 is 0 Å². The first-order valence-corrected chi connectivity index (χ1v) is 10.4. The first-order valence-electron chi connectivity index (χ1n) is 10.4. The molecule has 0 aliphatic heterocycles. The summed E-state index contributed by atoms with van der Waals surface area (Å²) in [6, 6.07) is 24.6. The first-order chi connectivity index (χ1) is 15.5. The number of aromatic nitrogens is 1. The Kier molecular flexibility index (Phi) is 6.22. The molecule has 0 atom stereocenters. The quantitative estimate of drug-likeness (QED) is 0.453. The van der Waals surface area contributed by atoms with Crippen molar-refractivity contribution in [2.75, 3.05) is 17.7 Å². The number of benzene rings is 3. The molecule has 0 aliphatic rings. The fourth-order valence-corrected chi connectivity index (χ4v) is 3.56. The minimum atomic E-state index is -0.270. The Balaban J connectivity index is 1.67. The Morgan fingerprint density at radius 2 is 1.69 bits per heavy atom. The van der Waals surface area contributed by atoms with Gasteiger partial charge in [-0.05, 0) is 54.8 Å². The van der Waals surface area contributed by atoms with E-state index in [-0.39, 0.29) is 18.0 Å². The van der Waals surface area contributed by atoms with Gasteiger partial charge in [-0.3, -0.25) is 14.2 Å². The Bertz CT molecular complexity index is 1300. The summed E-state index contributed by atoms with van der Waals surface area (Å²) in [7, 11) is 1.58. The number of ether oxygens (including phenoxy) is 1. The van der Waals surface area contributed by atoms with Gasteiger partial charge in [0.15, 0.2) is 0 Å². The van der Waals surface area contributed by atoms with Crippen LogP contribution in [0.2, 0.25) is 0 Å². The number of methoxy groups -OCH3 is 1. The number of nitrogens with zero attached hydrogens (tertiary/aromatic N) is 1. The minimum Gasteiger partial charge on any atom is -0.497 e. The van der Waals surface area contributed by atoms with Crippen LogP contribution in [0.3, 0.4) is 0 Å². The highest BCUT2D eigenvalue weighted by Gasteiger charge is 2.14. The standard InChI is InChI=1S/C26H25N3O3/c1-18-8-11-22(12-9-18)28-25(30)17-29-24-15-23(32-2)13-10-19(24)14-20(26(29)31)16-27-21-6-4-3-5-7-21/h3-15,27H,16-17H2,1-2H3,(H,28,30). The molecule has 0 fully saturated rings. The van der Waals surface area contributed by atoms with Crippen LogP contribution in [-0.2, 0) is 17.9 Å². The average molecular weight is 428 g/mol. The van der Waals surface area contributed by atoms with Crippen molar-refractivity contribution in [3.8, 4) is 5.75 Å². The lowest BCUT2D eigenvalue weighted by Crippen LogP contribution is -2.30. The van der Waals surface area contributed by atoms with Gasteiger partial charge < -0.3 is 15.4 Å². The van der Waals surface area contributed by atoms with Crippen LogP contribution in [0.4, 0.5) is 11.4 Å². The van der Waals surface area contributed by atoms with E-state index in [2.05, 4.69) is 10.6 Å². The Hall–Kier alpha value is -4.06. The van der Waals surface area contributed by atoms with Gasteiger partial charge in [0, 0.05) is 29.5 Å². The molecule has 0 saturated heterocycles. The number of hydrogen-bond acceptors (Lipinski definition) is 4. The number of fused-ring (bicyclic) bond motifs is 1. The molecule has 0 spiro atoms. The van der Waals surface area contributed by atoms with E-state index in [1.807, 2.05) is 79.7 Å². The summed E-state index contributed by atoms with van der Waals surface area (Å²) in [5, 5.41) is 7.01. The van der Waals surface area contributed by atoms with Gasteiger partial charge in [-0.25, -0.2) is 0 Å². The molecule has 0 bridgehead atoms. The van der Waals surface area contributed by atoms with Crippen molar-refractivity contribution in [3.63, 3.8) is 0 Å². The predicted molar refractivity (Wildman–Crippen MR) is 128 cm³/mol. The molecule has 162 valence electrons. The van der Waals surface area contributed by atoms with Gasteiger partial charge in [-0.2, -0.15) is 0 Å². The predicted octanol–water partition coefficient (Wildman–Crippen LogP) is 4.57. The zero-order chi connectivity index (χ0) is 22.5. The van der Waals surface area contributed by atoms with Crippen LogP contribution in [0.5, 0.6) is 5.75 Å².